The number of hydrogen-bond acceptors (Lipinski definition) is 1. The fourth-order valence-electron chi connectivity index (χ4n) is 7.74. The molecule has 0 aliphatic carbocycles. The highest BCUT2D eigenvalue weighted by atomic mass is 15.2. The van der Waals surface area contributed by atoms with Crippen LogP contribution < -0.4 is 4.90 Å². The van der Waals surface area contributed by atoms with Gasteiger partial charge in [-0.15, -0.1) is 0 Å². The van der Waals surface area contributed by atoms with E-state index in [1.807, 2.05) is 0 Å². The Bertz CT molecular complexity index is 2430. The lowest BCUT2D eigenvalue weighted by Gasteiger charge is -2.31. The van der Waals surface area contributed by atoms with Crippen LogP contribution in [-0.4, -0.2) is 0 Å². The van der Waals surface area contributed by atoms with Crippen molar-refractivity contribution in [3.8, 4) is 33.4 Å². The van der Waals surface area contributed by atoms with E-state index < -0.39 is 0 Å². The van der Waals surface area contributed by atoms with Crippen molar-refractivity contribution in [1.82, 2.24) is 0 Å². The third-order valence-corrected chi connectivity index (χ3v) is 9.99. The first-order valence-electron chi connectivity index (χ1n) is 17.1. The minimum Gasteiger partial charge on any atom is -0.333 e. The summed E-state index contributed by atoms with van der Waals surface area (Å²) < 4.78 is 0. The quantitative estimate of drug-likeness (QED) is 0.166. The van der Waals surface area contributed by atoms with Crippen molar-refractivity contribution < 1.29 is 0 Å². The van der Waals surface area contributed by atoms with E-state index in [1.54, 1.807) is 0 Å². The zero-order chi connectivity index (χ0) is 32.6. The van der Waals surface area contributed by atoms with Gasteiger partial charge < -0.3 is 4.90 Å². The minimum absolute atomic E-state index is 0.235. The maximum atomic E-state index is 2.53. The predicted octanol–water partition coefficient (Wildman–Crippen LogP) is 13.0. The van der Waals surface area contributed by atoms with Crippen LogP contribution in [0.25, 0.3) is 60.6 Å². The van der Waals surface area contributed by atoms with E-state index in [0.29, 0.717) is 0 Å². The average molecular weight is 626 g/mol. The summed E-state index contributed by atoms with van der Waals surface area (Å²) in [4.78, 5) is 2.53. The molecule has 1 atom stereocenters. The molecule has 49 heavy (non-hydrogen) atoms. The average Bonchev–Trinajstić information content (AvgIpc) is 3.63. The van der Waals surface area contributed by atoms with Crippen molar-refractivity contribution in [3.05, 3.63) is 205 Å². The summed E-state index contributed by atoms with van der Waals surface area (Å²) in [5, 5.41) is 5.06. The number of rotatable bonds is 6. The van der Waals surface area contributed by atoms with Gasteiger partial charge in [0.25, 0.3) is 0 Å². The third kappa shape index (κ3) is 5.21. The lowest BCUT2D eigenvalue weighted by atomic mass is 9.84. The Morgan fingerprint density at radius 2 is 0.980 bits per heavy atom. The Labute approximate surface area is 288 Å². The Morgan fingerprint density at radius 3 is 1.65 bits per heavy atom. The normalized spacial score (nSPS) is 14.3. The Morgan fingerprint density at radius 1 is 0.429 bits per heavy atom. The Kier molecular flexibility index (Phi) is 7.37. The van der Waals surface area contributed by atoms with Gasteiger partial charge in [-0.2, -0.15) is 0 Å². The van der Waals surface area contributed by atoms with Gasteiger partial charge in [0, 0.05) is 11.4 Å². The van der Waals surface area contributed by atoms with Gasteiger partial charge >= 0.3 is 0 Å². The lowest BCUT2D eigenvalue weighted by Crippen LogP contribution is -2.22. The maximum Gasteiger partial charge on any atom is 0.0626 e. The minimum atomic E-state index is 0.235. The van der Waals surface area contributed by atoms with Crippen molar-refractivity contribution in [1.29, 1.82) is 0 Å². The molecule has 8 aromatic carbocycles. The van der Waals surface area contributed by atoms with Gasteiger partial charge in [0.05, 0.1) is 6.04 Å². The van der Waals surface area contributed by atoms with Crippen molar-refractivity contribution in [2.75, 3.05) is 4.90 Å². The molecule has 0 saturated carbocycles. The zero-order valence-electron chi connectivity index (χ0n) is 27.2. The van der Waals surface area contributed by atoms with Gasteiger partial charge in [0.15, 0.2) is 0 Å². The van der Waals surface area contributed by atoms with Gasteiger partial charge in [-0.3, -0.25) is 0 Å². The van der Waals surface area contributed by atoms with E-state index in [0.717, 1.165) is 6.42 Å². The fraction of sp³-hybridized carbons (Fsp3) is 0.0417. The molecule has 1 heterocycles. The SMILES string of the molecule is C1=C(c2ccccc2)N(c2ccc(-c3c4ccccc4cc4c(-c5ccccc5)ccc(-c5ccccc5)c34)cc2)C(c2ccccc2)C1. The van der Waals surface area contributed by atoms with Gasteiger partial charge in [0.2, 0.25) is 0 Å². The second-order valence-electron chi connectivity index (χ2n) is 12.8. The molecular formula is C48H35N. The number of fused-ring (bicyclic) bond motifs is 2. The number of benzene rings is 8. The second-order valence-corrected chi connectivity index (χ2v) is 12.8. The Balaban J connectivity index is 1.26. The van der Waals surface area contributed by atoms with E-state index in [1.165, 1.54) is 77.4 Å². The van der Waals surface area contributed by atoms with Crippen LogP contribution >= 0.6 is 0 Å². The molecule has 0 radical (unpaired) electrons. The first-order valence-corrected chi connectivity index (χ1v) is 17.1. The molecule has 9 rings (SSSR count). The van der Waals surface area contributed by atoms with Crippen molar-refractivity contribution in [2.24, 2.45) is 0 Å². The summed E-state index contributed by atoms with van der Waals surface area (Å²) in [6.45, 7) is 0. The predicted molar refractivity (Wildman–Crippen MR) is 208 cm³/mol. The monoisotopic (exact) mass is 625 g/mol. The van der Waals surface area contributed by atoms with E-state index in [2.05, 4.69) is 199 Å². The molecule has 0 aromatic heterocycles. The van der Waals surface area contributed by atoms with Crippen molar-refractivity contribution in [2.45, 2.75) is 12.5 Å². The topological polar surface area (TPSA) is 3.24 Å². The molecule has 0 spiro atoms. The molecule has 0 saturated heterocycles. The van der Waals surface area contributed by atoms with Crippen LogP contribution in [0.5, 0.6) is 0 Å². The number of hydrogen-bond donors (Lipinski definition) is 0. The summed E-state index contributed by atoms with van der Waals surface area (Å²) in [5.41, 5.74) is 12.5. The first-order chi connectivity index (χ1) is 24.3. The van der Waals surface area contributed by atoms with E-state index >= 15 is 0 Å². The van der Waals surface area contributed by atoms with Gasteiger partial charge in [0.1, 0.15) is 0 Å². The maximum absolute atomic E-state index is 2.53. The van der Waals surface area contributed by atoms with Crippen LogP contribution in [-0.2, 0) is 0 Å². The van der Waals surface area contributed by atoms with Crippen LogP contribution in [0.3, 0.4) is 0 Å². The lowest BCUT2D eigenvalue weighted by molar-refractivity contribution is 0.749. The van der Waals surface area contributed by atoms with Crippen LogP contribution in [0.15, 0.2) is 194 Å². The molecule has 0 bridgehead atoms. The molecule has 0 N–H and O–H groups in total. The summed E-state index contributed by atoms with van der Waals surface area (Å²) in [6, 6.07) is 68.8. The van der Waals surface area contributed by atoms with E-state index in [-0.39, 0.29) is 6.04 Å². The molecule has 232 valence electrons. The summed E-state index contributed by atoms with van der Waals surface area (Å²) in [6.07, 6.45) is 3.36. The Hall–Kier alpha value is -6.18. The standard InChI is InChI=1S/C48H35N/c1-5-15-34(16-6-1)41-29-30-43(35-17-7-2-8-18-35)48-44(41)33-39-23-13-14-24-42(39)47(48)38-25-27-40(28-26-38)49-45(36-19-9-3-10-20-36)31-32-46(49)37-21-11-4-12-22-37/h1-31,33,46H,32H2. The highest BCUT2D eigenvalue weighted by Gasteiger charge is 2.29. The van der Waals surface area contributed by atoms with E-state index in [4.69, 9.17) is 0 Å². The molecule has 1 nitrogen and oxygen atoms in total. The van der Waals surface area contributed by atoms with Gasteiger partial charge in [-0.1, -0.05) is 176 Å². The van der Waals surface area contributed by atoms with Crippen molar-refractivity contribution in [3.63, 3.8) is 0 Å². The zero-order valence-corrected chi connectivity index (χ0v) is 27.2. The fourth-order valence-corrected chi connectivity index (χ4v) is 7.74. The largest absolute Gasteiger partial charge is 0.333 e. The highest BCUT2D eigenvalue weighted by Crippen LogP contribution is 2.47. The second kappa shape index (κ2) is 12.4. The molecule has 0 amide bonds. The van der Waals surface area contributed by atoms with Crippen LogP contribution in [0, 0.1) is 0 Å². The number of anilines is 1. The summed E-state index contributed by atoms with van der Waals surface area (Å²) in [5.74, 6) is 0. The molecule has 8 aromatic rings. The highest BCUT2D eigenvalue weighted by molar-refractivity contribution is 6.20. The van der Waals surface area contributed by atoms with Crippen LogP contribution in [0.4, 0.5) is 5.69 Å². The molecular weight excluding hydrogens is 591 g/mol. The van der Waals surface area contributed by atoms with Crippen LogP contribution in [0.1, 0.15) is 23.6 Å². The van der Waals surface area contributed by atoms with Crippen LogP contribution in [0.2, 0.25) is 0 Å². The molecule has 1 heteroatoms. The summed E-state index contributed by atoms with van der Waals surface area (Å²) >= 11 is 0. The smallest absolute Gasteiger partial charge is 0.0626 e. The molecule has 0 fully saturated rings. The number of nitrogens with zero attached hydrogens (tertiary/aromatic N) is 1. The van der Waals surface area contributed by atoms with Gasteiger partial charge in [-0.25, -0.2) is 0 Å². The summed E-state index contributed by atoms with van der Waals surface area (Å²) in [7, 11) is 0. The third-order valence-electron chi connectivity index (χ3n) is 9.99. The molecule has 1 unspecified atom stereocenters. The first kappa shape index (κ1) is 29.0. The van der Waals surface area contributed by atoms with Gasteiger partial charge in [-0.05, 0) is 90.7 Å². The van der Waals surface area contributed by atoms with E-state index in [9.17, 15) is 0 Å². The molecule has 1 aliphatic rings. The molecule has 1 aliphatic heterocycles. The van der Waals surface area contributed by atoms with Crippen molar-refractivity contribution >= 4 is 32.9 Å².